The van der Waals surface area contributed by atoms with Crippen molar-refractivity contribution in [2.24, 2.45) is 0 Å². The Bertz CT molecular complexity index is 941. The zero-order chi connectivity index (χ0) is 20.4. The summed E-state index contributed by atoms with van der Waals surface area (Å²) in [6.07, 6.45) is -3.48. The van der Waals surface area contributed by atoms with E-state index in [-0.39, 0.29) is 21.7 Å². The van der Waals surface area contributed by atoms with E-state index in [0.717, 1.165) is 6.08 Å². The minimum absolute atomic E-state index is 0.112. The van der Waals surface area contributed by atoms with Gasteiger partial charge < -0.3 is 4.74 Å². The molecular weight excluding hydrogens is 379 g/mol. The van der Waals surface area contributed by atoms with E-state index < -0.39 is 18.8 Å². The van der Waals surface area contributed by atoms with Crippen LogP contribution in [0.3, 0.4) is 0 Å². The molecule has 0 radical (unpaired) electrons. The third-order valence-corrected chi connectivity index (χ3v) is 4.01. The molecule has 0 aromatic heterocycles. The Hall–Kier alpha value is -3.34. The van der Waals surface area contributed by atoms with Crippen LogP contribution in [-0.4, -0.2) is 23.7 Å². The van der Waals surface area contributed by atoms with Gasteiger partial charge in [0.05, 0.1) is 12.6 Å². The predicted octanol–water partition coefficient (Wildman–Crippen LogP) is 5.74. The summed E-state index contributed by atoms with van der Waals surface area (Å²) >= 11 is 0. The molecule has 0 atom stereocenters. The molecule has 2 aromatic carbocycles. The van der Waals surface area contributed by atoms with Crippen molar-refractivity contribution in [3.63, 3.8) is 0 Å². The lowest BCUT2D eigenvalue weighted by atomic mass is 10.0. The zero-order valence-corrected chi connectivity index (χ0v) is 14.3. The number of allylic oxidation sites excluding steroid dienone is 2. The van der Waals surface area contributed by atoms with Crippen molar-refractivity contribution in [1.29, 1.82) is 5.26 Å². The Morgan fingerprint density at radius 1 is 0.857 bits per heavy atom. The molecule has 2 aromatic rings. The van der Waals surface area contributed by atoms with Crippen molar-refractivity contribution in [2.75, 3.05) is 6.54 Å². The molecular formula is C20H13F5N2O. The highest BCUT2D eigenvalue weighted by molar-refractivity contribution is 5.69. The molecule has 0 fully saturated rings. The fourth-order valence-electron chi connectivity index (χ4n) is 2.62. The molecule has 3 nitrogen and oxygen atoms in total. The van der Waals surface area contributed by atoms with E-state index >= 15 is 0 Å². The van der Waals surface area contributed by atoms with Crippen LogP contribution in [0.2, 0.25) is 0 Å². The fourth-order valence-corrected chi connectivity index (χ4v) is 2.62. The molecule has 28 heavy (non-hydrogen) atoms. The molecule has 1 heterocycles. The average molecular weight is 392 g/mol. The van der Waals surface area contributed by atoms with Gasteiger partial charge in [-0.3, -0.25) is 4.90 Å². The highest BCUT2D eigenvalue weighted by Gasteiger charge is 2.62. The Morgan fingerprint density at radius 2 is 1.46 bits per heavy atom. The standard InChI is InChI=1S/C20H13F5N2O/c21-19(22,23)20(24,25)27-13-14(12-26)6-11-18(27)15-7-9-17(10-8-15)28-16-4-2-1-3-5-16/h1-11H,13H2. The molecule has 0 saturated carbocycles. The largest absolute Gasteiger partial charge is 0.475 e. The Balaban J connectivity index is 1.92. The van der Waals surface area contributed by atoms with Gasteiger partial charge >= 0.3 is 12.2 Å². The second kappa shape index (κ2) is 7.35. The van der Waals surface area contributed by atoms with Crippen LogP contribution in [0.15, 0.2) is 72.3 Å². The van der Waals surface area contributed by atoms with Gasteiger partial charge in [0.15, 0.2) is 0 Å². The van der Waals surface area contributed by atoms with Gasteiger partial charge in [0.25, 0.3) is 0 Å². The van der Waals surface area contributed by atoms with Crippen molar-refractivity contribution in [2.45, 2.75) is 12.2 Å². The Kier molecular flexibility index (Phi) is 5.10. The van der Waals surface area contributed by atoms with Crippen LogP contribution in [0.1, 0.15) is 5.56 Å². The molecule has 0 N–H and O–H groups in total. The first-order valence-electron chi connectivity index (χ1n) is 8.09. The van der Waals surface area contributed by atoms with Gasteiger partial charge in [-0.1, -0.05) is 18.2 Å². The number of hydrogen-bond acceptors (Lipinski definition) is 3. The summed E-state index contributed by atoms with van der Waals surface area (Å²) in [5.41, 5.74) is -0.401. The summed E-state index contributed by atoms with van der Waals surface area (Å²) in [7, 11) is 0. The van der Waals surface area contributed by atoms with Gasteiger partial charge in [0.2, 0.25) is 0 Å². The maximum absolute atomic E-state index is 14.0. The minimum Gasteiger partial charge on any atom is -0.457 e. The number of hydrogen-bond donors (Lipinski definition) is 0. The minimum atomic E-state index is -5.79. The molecule has 1 aliphatic rings. The van der Waals surface area contributed by atoms with Crippen LogP contribution >= 0.6 is 0 Å². The smallest absolute Gasteiger partial charge is 0.457 e. The first kappa shape index (κ1) is 19.4. The van der Waals surface area contributed by atoms with Gasteiger partial charge in [-0.05, 0) is 54.1 Å². The quantitative estimate of drug-likeness (QED) is 0.492. The molecule has 8 heteroatoms. The van der Waals surface area contributed by atoms with E-state index in [0.29, 0.717) is 11.5 Å². The molecule has 144 valence electrons. The van der Waals surface area contributed by atoms with Crippen molar-refractivity contribution >= 4 is 5.70 Å². The van der Waals surface area contributed by atoms with Gasteiger partial charge in [0.1, 0.15) is 11.5 Å². The van der Waals surface area contributed by atoms with E-state index in [1.165, 1.54) is 30.3 Å². The maximum Gasteiger partial charge on any atom is 0.475 e. The van der Waals surface area contributed by atoms with E-state index in [9.17, 15) is 22.0 Å². The highest BCUT2D eigenvalue weighted by atomic mass is 19.4. The summed E-state index contributed by atoms with van der Waals surface area (Å²) in [5, 5.41) is 8.89. The third kappa shape index (κ3) is 3.83. The fraction of sp³-hybridized carbons (Fsp3) is 0.150. The topological polar surface area (TPSA) is 36.3 Å². The summed E-state index contributed by atoms with van der Waals surface area (Å²) in [6, 6.07) is 11.0. The van der Waals surface area contributed by atoms with E-state index in [2.05, 4.69) is 0 Å². The number of nitrogens with zero attached hydrogens (tertiary/aromatic N) is 2. The van der Waals surface area contributed by atoms with Crippen LogP contribution in [-0.2, 0) is 0 Å². The van der Waals surface area contributed by atoms with E-state index in [1.54, 1.807) is 30.3 Å². The van der Waals surface area contributed by atoms with Crippen molar-refractivity contribution in [1.82, 2.24) is 4.90 Å². The second-order valence-corrected chi connectivity index (χ2v) is 5.92. The molecule has 0 aliphatic carbocycles. The van der Waals surface area contributed by atoms with Crippen LogP contribution in [0.25, 0.3) is 5.70 Å². The summed E-state index contributed by atoms with van der Waals surface area (Å²) < 4.78 is 72.4. The average Bonchev–Trinajstić information content (AvgIpc) is 2.68. The van der Waals surface area contributed by atoms with Crippen molar-refractivity contribution in [3.05, 3.63) is 77.9 Å². The highest BCUT2D eigenvalue weighted by Crippen LogP contribution is 2.43. The Morgan fingerprint density at radius 3 is 2.04 bits per heavy atom. The predicted molar refractivity (Wildman–Crippen MR) is 92.3 cm³/mol. The number of alkyl halides is 5. The van der Waals surface area contributed by atoms with E-state index in [4.69, 9.17) is 10.00 Å². The van der Waals surface area contributed by atoms with E-state index in [1.807, 2.05) is 6.07 Å². The van der Waals surface area contributed by atoms with Crippen LogP contribution < -0.4 is 4.74 Å². The Labute approximate surface area is 157 Å². The van der Waals surface area contributed by atoms with Gasteiger partial charge in [-0.25, -0.2) is 0 Å². The molecule has 0 amide bonds. The third-order valence-electron chi connectivity index (χ3n) is 4.01. The number of ether oxygens (including phenoxy) is 1. The molecule has 0 spiro atoms. The van der Waals surface area contributed by atoms with Crippen LogP contribution in [0.5, 0.6) is 11.5 Å². The van der Waals surface area contributed by atoms with Gasteiger partial charge in [-0.2, -0.15) is 27.2 Å². The molecule has 0 unspecified atom stereocenters. The zero-order valence-electron chi connectivity index (χ0n) is 14.3. The molecule has 0 bridgehead atoms. The number of benzene rings is 2. The first-order chi connectivity index (χ1) is 13.2. The van der Waals surface area contributed by atoms with Gasteiger partial charge in [-0.15, -0.1) is 0 Å². The lowest BCUT2D eigenvalue weighted by Crippen LogP contribution is -2.52. The van der Waals surface area contributed by atoms with Crippen LogP contribution in [0, 0.1) is 11.3 Å². The first-order valence-corrected chi connectivity index (χ1v) is 8.09. The lowest BCUT2D eigenvalue weighted by Gasteiger charge is -2.37. The monoisotopic (exact) mass is 392 g/mol. The normalized spacial score (nSPS) is 14.8. The SMILES string of the molecule is N#CC1=CC=C(c2ccc(Oc3ccccc3)cc2)N(C(F)(F)C(F)(F)F)C1. The molecule has 1 aliphatic heterocycles. The molecule has 3 rings (SSSR count). The summed E-state index contributed by atoms with van der Waals surface area (Å²) in [4.78, 5) is -0.112. The number of nitriles is 1. The number of rotatable bonds is 4. The van der Waals surface area contributed by atoms with Crippen molar-refractivity contribution < 1.29 is 26.7 Å². The lowest BCUT2D eigenvalue weighted by molar-refractivity contribution is -0.327. The van der Waals surface area contributed by atoms with Gasteiger partial charge in [0, 0.05) is 11.3 Å². The van der Waals surface area contributed by atoms with Crippen molar-refractivity contribution in [3.8, 4) is 17.6 Å². The number of halogens is 5. The number of para-hydroxylation sites is 1. The second-order valence-electron chi connectivity index (χ2n) is 5.92. The summed E-state index contributed by atoms with van der Waals surface area (Å²) in [6.45, 7) is -0.850. The maximum atomic E-state index is 14.0. The van der Waals surface area contributed by atoms with Crippen LogP contribution in [0.4, 0.5) is 22.0 Å². The summed E-state index contributed by atoms with van der Waals surface area (Å²) in [5.74, 6) is 0.952. The molecule has 0 saturated heterocycles.